The van der Waals surface area contributed by atoms with Crippen LogP contribution < -0.4 is 10.6 Å². The molecule has 1 amide bonds. The molecule has 25 heavy (non-hydrogen) atoms. The molecule has 1 aliphatic heterocycles. The van der Waals surface area contributed by atoms with Crippen molar-refractivity contribution in [3.8, 4) is 0 Å². The number of hydrogen-bond acceptors (Lipinski definition) is 4. The smallest absolute Gasteiger partial charge is 0.253 e. The summed E-state index contributed by atoms with van der Waals surface area (Å²) in [5, 5.41) is 0. The Morgan fingerprint density at radius 2 is 1.80 bits per heavy atom. The molecule has 0 aromatic heterocycles. The van der Waals surface area contributed by atoms with Gasteiger partial charge in [-0.2, -0.15) is 0 Å². The number of ether oxygens (including phenoxy) is 1. The SMILES string of the molecule is CN(Cc1ccccc1N1CCOCC1)C(=O)c1ccc(CN)cc1. The van der Waals surface area contributed by atoms with Crippen LogP contribution in [-0.4, -0.2) is 44.2 Å². The standard InChI is InChI=1S/C20H25N3O2/c1-22(20(24)17-8-6-16(14-21)7-9-17)15-18-4-2-3-5-19(18)23-10-12-25-13-11-23/h2-9H,10-15,21H2,1H3. The fourth-order valence-corrected chi connectivity index (χ4v) is 3.09. The van der Waals surface area contributed by atoms with Gasteiger partial charge in [-0.1, -0.05) is 30.3 Å². The Balaban J connectivity index is 1.73. The van der Waals surface area contributed by atoms with E-state index in [2.05, 4.69) is 17.0 Å². The zero-order valence-electron chi connectivity index (χ0n) is 14.6. The van der Waals surface area contributed by atoms with Crippen LogP contribution in [-0.2, 0) is 17.8 Å². The molecule has 1 saturated heterocycles. The van der Waals surface area contributed by atoms with Crippen LogP contribution in [0.2, 0.25) is 0 Å². The highest BCUT2D eigenvalue weighted by Gasteiger charge is 2.17. The zero-order chi connectivity index (χ0) is 17.6. The normalized spacial score (nSPS) is 14.4. The van der Waals surface area contributed by atoms with Gasteiger partial charge in [0, 0.05) is 44.5 Å². The third kappa shape index (κ3) is 4.18. The predicted molar refractivity (Wildman–Crippen MR) is 99.6 cm³/mol. The van der Waals surface area contributed by atoms with E-state index in [0.29, 0.717) is 18.7 Å². The summed E-state index contributed by atoms with van der Waals surface area (Å²) in [6, 6.07) is 15.8. The molecule has 132 valence electrons. The van der Waals surface area contributed by atoms with Crippen LogP contribution in [0.5, 0.6) is 0 Å². The number of nitrogens with two attached hydrogens (primary N) is 1. The van der Waals surface area contributed by atoms with E-state index in [1.165, 1.54) is 5.69 Å². The first kappa shape index (κ1) is 17.5. The molecule has 2 aromatic rings. The maximum absolute atomic E-state index is 12.7. The zero-order valence-corrected chi connectivity index (χ0v) is 14.6. The minimum atomic E-state index is 0.0142. The number of nitrogens with zero attached hydrogens (tertiary/aromatic N) is 2. The predicted octanol–water partition coefficient (Wildman–Crippen LogP) is 2.25. The number of carbonyl (C=O) groups excluding carboxylic acids is 1. The minimum Gasteiger partial charge on any atom is -0.378 e. The van der Waals surface area contributed by atoms with Gasteiger partial charge < -0.3 is 20.3 Å². The Kier molecular flexibility index (Phi) is 5.68. The summed E-state index contributed by atoms with van der Waals surface area (Å²) in [5.41, 5.74) is 9.66. The van der Waals surface area contributed by atoms with Crippen molar-refractivity contribution in [1.82, 2.24) is 4.90 Å². The van der Waals surface area contributed by atoms with Crippen molar-refractivity contribution in [1.29, 1.82) is 0 Å². The molecule has 5 heteroatoms. The van der Waals surface area contributed by atoms with Crippen molar-refractivity contribution in [3.05, 3.63) is 65.2 Å². The molecule has 2 aromatic carbocycles. The number of amides is 1. The number of hydrogen-bond donors (Lipinski definition) is 1. The summed E-state index contributed by atoms with van der Waals surface area (Å²) >= 11 is 0. The van der Waals surface area contributed by atoms with Gasteiger partial charge >= 0.3 is 0 Å². The third-order valence-electron chi connectivity index (χ3n) is 4.53. The van der Waals surface area contributed by atoms with Gasteiger partial charge in [0.15, 0.2) is 0 Å². The Bertz CT molecular complexity index is 709. The molecule has 0 spiro atoms. The summed E-state index contributed by atoms with van der Waals surface area (Å²) in [7, 11) is 1.84. The summed E-state index contributed by atoms with van der Waals surface area (Å²) in [6.45, 7) is 4.32. The van der Waals surface area contributed by atoms with Crippen molar-refractivity contribution in [3.63, 3.8) is 0 Å². The minimum absolute atomic E-state index is 0.0142. The highest BCUT2D eigenvalue weighted by molar-refractivity contribution is 5.94. The number of benzene rings is 2. The van der Waals surface area contributed by atoms with Crippen LogP contribution >= 0.6 is 0 Å². The van der Waals surface area contributed by atoms with Crippen LogP contribution in [0.3, 0.4) is 0 Å². The van der Waals surface area contributed by atoms with Crippen LogP contribution in [0.25, 0.3) is 0 Å². The van der Waals surface area contributed by atoms with E-state index in [1.54, 1.807) is 4.90 Å². The van der Waals surface area contributed by atoms with Crippen LogP contribution in [0.4, 0.5) is 5.69 Å². The average molecular weight is 339 g/mol. The summed E-state index contributed by atoms with van der Waals surface area (Å²) in [6.07, 6.45) is 0. The molecule has 5 nitrogen and oxygen atoms in total. The fourth-order valence-electron chi connectivity index (χ4n) is 3.09. The molecule has 1 heterocycles. The van der Waals surface area contributed by atoms with E-state index in [1.807, 2.05) is 43.4 Å². The van der Waals surface area contributed by atoms with Crippen molar-refractivity contribution in [2.75, 3.05) is 38.3 Å². The molecule has 2 N–H and O–H groups in total. The monoisotopic (exact) mass is 339 g/mol. The molecule has 0 atom stereocenters. The van der Waals surface area contributed by atoms with Crippen molar-refractivity contribution in [2.24, 2.45) is 5.73 Å². The second-order valence-electron chi connectivity index (χ2n) is 6.29. The molecule has 1 aliphatic rings. The van der Waals surface area contributed by atoms with E-state index in [-0.39, 0.29) is 5.91 Å². The van der Waals surface area contributed by atoms with Gasteiger partial charge in [-0.05, 0) is 29.3 Å². The highest BCUT2D eigenvalue weighted by Crippen LogP contribution is 2.23. The summed E-state index contributed by atoms with van der Waals surface area (Å²) < 4.78 is 5.44. The number of carbonyl (C=O) groups is 1. The molecule has 0 bridgehead atoms. The van der Waals surface area contributed by atoms with Gasteiger partial charge in [0.2, 0.25) is 0 Å². The fraction of sp³-hybridized carbons (Fsp3) is 0.350. The van der Waals surface area contributed by atoms with Crippen LogP contribution in [0.1, 0.15) is 21.5 Å². The number of anilines is 1. The van der Waals surface area contributed by atoms with Crippen molar-refractivity contribution in [2.45, 2.75) is 13.1 Å². The maximum Gasteiger partial charge on any atom is 0.253 e. The largest absolute Gasteiger partial charge is 0.378 e. The number of rotatable bonds is 5. The average Bonchev–Trinajstić information content (AvgIpc) is 2.68. The molecule has 0 saturated carbocycles. The van der Waals surface area contributed by atoms with Crippen molar-refractivity contribution < 1.29 is 9.53 Å². The van der Waals surface area contributed by atoms with E-state index in [0.717, 1.165) is 37.4 Å². The topological polar surface area (TPSA) is 58.8 Å². The quantitative estimate of drug-likeness (QED) is 0.908. The molecular weight excluding hydrogens is 314 g/mol. The van der Waals surface area contributed by atoms with Gasteiger partial charge in [-0.15, -0.1) is 0 Å². The Morgan fingerprint density at radius 3 is 2.48 bits per heavy atom. The molecule has 1 fully saturated rings. The lowest BCUT2D eigenvalue weighted by molar-refractivity contribution is 0.0785. The molecule has 3 rings (SSSR count). The Labute approximate surface area is 149 Å². The van der Waals surface area contributed by atoms with Crippen molar-refractivity contribution >= 4 is 11.6 Å². The summed E-state index contributed by atoms with van der Waals surface area (Å²) in [5.74, 6) is 0.0142. The first-order valence-electron chi connectivity index (χ1n) is 8.64. The Morgan fingerprint density at radius 1 is 1.12 bits per heavy atom. The lowest BCUT2D eigenvalue weighted by atomic mass is 10.1. The van der Waals surface area contributed by atoms with Crippen LogP contribution in [0, 0.1) is 0 Å². The molecule has 0 aliphatic carbocycles. The van der Waals surface area contributed by atoms with E-state index in [4.69, 9.17) is 10.5 Å². The second kappa shape index (κ2) is 8.14. The van der Waals surface area contributed by atoms with Gasteiger partial charge in [0.05, 0.1) is 13.2 Å². The molecule has 0 radical (unpaired) electrons. The van der Waals surface area contributed by atoms with Gasteiger partial charge in [-0.25, -0.2) is 0 Å². The third-order valence-corrected chi connectivity index (χ3v) is 4.53. The number of para-hydroxylation sites is 1. The first-order valence-corrected chi connectivity index (χ1v) is 8.64. The van der Waals surface area contributed by atoms with Crippen LogP contribution in [0.15, 0.2) is 48.5 Å². The summed E-state index contributed by atoms with van der Waals surface area (Å²) in [4.78, 5) is 16.8. The van der Waals surface area contributed by atoms with E-state index >= 15 is 0 Å². The lowest BCUT2D eigenvalue weighted by Gasteiger charge is -2.31. The second-order valence-corrected chi connectivity index (χ2v) is 6.29. The first-order chi connectivity index (χ1) is 12.2. The highest BCUT2D eigenvalue weighted by atomic mass is 16.5. The Hall–Kier alpha value is -2.37. The van der Waals surface area contributed by atoms with Gasteiger partial charge in [-0.3, -0.25) is 4.79 Å². The van der Waals surface area contributed by atoms with E-state index in [9.17, 15) is 4.79 Å². The lowest BCUT2D eigenvalue weighted by Crippen LogP contribution is -2.37. The molecular formula is C20H25N3O2. The van der Waals surface area contributed by atoms with Gasteiger partial charge in [0.1, 0.15) is 0 Å². The van der Waals surface area contributed by atoms with Gasteiger partial charge in [0.25, 0.3) is 5.91 Å². The molecule has 0 unspecified atom stereocenters. The number of morpholine rings is 1. The maximum atomic E-state index is 12.7. The van der Waals surface area contributed by atoms with E-state index < -0.39 is 0 Å².